The standard InChI is InChI=1S/C24H20N6/c1-15-13-21(30-29-15)19-11-12-20-24(27-19)28-23(18-9-7-16(14-25)8-10-18)22(26-20)17-5-3-2-4-6-17/h2-12H,13-14,25H2,1H3/p+1. The molecule has 1 aliphatic rings. The Labute approximate surface area is 174 Å². The SMILES string of the molecule is CC1=NN=C(c2ccc3nc(-c4ccccc4)c(-c4ccc(C[NH3+])cc4)nc3n2)C1. The van der Waals surface area contributed by atoms with Crippen molar-refractivity contribution in [3.63, 3.8) is 0 Å². The molecule has 0 atom stereocenters. The van der Waals surface area contributed by atoms with Gasteiger partial charge in [-0.25, -0.2) is 15.0 Å². The third-order valence-electron chi connectivity index (χ3n) is 5.15. The van der Waals surface area contributed by atoms with Crippen molar-refractivity contribution in [1.29, 1.82) is 0 Å². The summed E-state index contributed by atoms with van der Waals surface area (Å²) in [6, 6.07) is 22.4. The van der Waals surface area contributed by atoms with Crippen molar-refractivity contribution >= 4 is 22.6 Å². The van der Waals surface area contributed by atoms with Crippen LogP contribution >= 0.6 is 0 Å². The average Bonchev–Trinajstić information content (AvgIpc) is 3.25. The van der Waals surface area contributed by atoms with Gasteiger partial charge in [0.1, 0.15) is 5.52 Å². The lowest BCUT2D eigenvalue weighted by Gasteiger charge is -2.11. The van der Waals surface area contributed by atoms with E-state index in [4.69, 9.17) is 15.0 Å². The highest BCUT2D eigenvalue weighted by molar-refractivity contribution is 6.14. The minimum atomic E-state index is 0.607. The zero-order valence-electron chi connectivity index (χ0n) is 16.7. The summed E-state index contributed by atoms with van der Waals surface area (Å²) in [5.41, 5.74) is 12.8. The fourth-order valence-corrected chi connectivity index (χ4v) is 3.53. The van der Waals surface area contributed by atoms with Crippen molar-refractivity contribution in [2.24, 2.45) is 10.2 Å². The molecule has 2 aromatic heterocycles. The molecule has 0 aliphatic carbocycles. The summed E-state index contributed by atoms with van der Waals surface area (Å²) >= 11 is 0. The van der Waals surface area contributed by atoms with Crippen molar-refractivity contribution in [3.05, 3.63) is 78.0 Å². The molecule has 2 aromatic carbocycles. The Kier molecular flexibility index (Phi) is 4.61. The number of hydrogen-bond donors (Lipinski definition) is 1. The molecule has 6 nitrogen and oxygen atoms in total. The van der Waals surface area contributed by atoms with Crippen molar-refractivity contribution in [1.82, 2.24) is 15.0 Å². The van der Waals surface area contributed by atoms with Crippen LogP contribution in [-0.4, -0.2) is 26.4 Å². The first-order chi connectivity index (χ1) is 14.7. The number of quaternary nitrogens is 1. The maximum absolute atomic E-state index is 4.95. The molecule has 1 aliphatic heterocycles. The van der Waals surface area contributed by atoms with Crippen LogP contribution in [0.3, 0.4) is 0 Å². The summed E-state index contributed by atoms with van der Waals surface area (Å²) in [5.74, 6) is 0. The van der Waals surface area contributed by atoms with E-state index in [1.165, 1.54) is 5.56 Å². The van der Waals surface area contributed by atoms with Gasteiger partial charge in [0.2, 0.25) is 0 Å². The van der Waals surface area contributed by atoms with E-state index in [0.29, 0.717) is 12.1 Å². The maximum Gasteiger partial charge on any atom is 0.179 e. The van der Waals surface area contributed by atoms with Crippen LogP contribution in [0.25, 0.3) is 33.7 Å². The van der Waals surface area contributed by atoms with Crippen molar-refractivity contribution in [2.75, 3.05) is 0 Å². The largest absolute Gasteiger partial charge is 0.354 e. The van der Waals surface area contributed by atoms with Crippen LogP contribution in [-0.2, 0) is 6.54 Å². The van der Waals surface area contributed by atoms with E-state index in [1.54, 1.807) is 0 Å². The van der Waals surface area contributed by atoms with Crippen LogP contribution in [0.1, 0.15) is 24.6 Å². The highest BCUT2D eigenvalue weighted by atomic mass is 15.2. The number of benzene rings is 2. The van der Waals surface area contributed by atoms with Crippen molar-refractivity contribution in [3.8, 4) is 22.5 Å². The van der Waals surface area contributed by atoms with Gasteiger partial charge in [0.05, 0.1) is 29.3 Å². The van der Waals surface area contributed by atoms with Gasteiger partial charge in [-0.15, -0.1) is 0 Å². The number of rotatable bonds is 4. The molecule has 3 N–H and O–H groups in total. The van der Waals surface area contributed by atoms with Crippen LogP contribution in [0, 0.1) is 0 Å². The van der Waals surface area contributed by atoms with Gasteiger partial charge in [-0.1, -0.05) is 54.6 Å². The molecule has 5 rings (SSSR count). The quantitative estimate of drug-likeness (QED) is 0.573. The molecule has 0 spiro atoms. The summed E-state index contributed by atoms with van der Waals surface area (Å²) in [6.45, 7) is 2.72. The zero-order valence-corrected chi connectivity index (χ0v) is 16.7. The first-order valence-electron chi connectivity index (χ1n) is 9.94. The van der Waals surface area contributed by atoms with Gasteiger partial charge in [0.25, 0.3) is 0 Å². The lowest BCUT2D eigenvalue weighted by molar-refractivity contribution is -0.386. The molecule has 0 bridgehead atoms. The minimum Gasteiger partial charge on any atom is -0.354 e. The number of hydrogen-bond acceptors (Lipinski definition) is 5. The second-order valence-electron chi connectivity index (χ2n) is 7.33. The van der Waals surface area contributed by atoms with Gasteiger partial charge in [-0.3, -0.25) is 0 Å². The fourth-order valence-electron chi connectivity index (χ4n) is 3.53. The Morgan fingerprint density at radius 2 is 1.50 bits per heavy atom. The van der Waals surface area contributed by atoms with Gasteiger partial charge < -0.3 is 5.73 Å². The van der Waals surface area contributed by atoms with Gasteiger partial charge in [0, 0.05) is 28.8 Å². The van der Waals surface area contributed by atoms with Crippen molar-refractivity contribution < 1.29 is 5.73 Å². The highest BCUT2D eigenvalue weighted by Gasteiger charge is 2.17. The van der Waals surface area contributed by atoms with Crippen LogP contribution in [0.2, 0.25) is 0 Å². The monoisotopic (exact) mass is 393 g/mol. The summed E-state index contributed by atoms with van der Waals surface area (Å²) in [4.78, 5) is 14.6. The summed E-state index contributed by atoms with van der Waals surface area (Å²) < 4.78 is 0. The molecular formula is C24H21N6+. The Bertz CT molecular complexity index is 1290. The molecule has 0 unspecified atom stereocenters. The van der Waals surface area contributed by atoms with Crippen LogP contribution in [0.4, 0.5) is 0 Å². The lowest BCUT2D eigenvalue weighted by Crippen LogP contribution is -2.47. The Balaban J connectivity index is 1.69. The van der Waals surface area contributed by atoms with E-state index in [9.17, 15) is 0 Å². The molecule has 0 saturated heterocycles. The minimum absolute atomic E-state index is 0.607. The predicted molar refractivity (Wildman–Crippen MR) is 119 cm³/mol. The molecule has 3 heterocycles. The van der Waals surface area contributed by atoms with Crippen LogP contribution in [0.15, 0.2) is 76.9 Å². The third kappa shape index (κ3) is 3.38. The molecule has 30 heavy (non-hydrogen) atoms. The molecule has 0 amide bonds. The van der Waals surface area contributed by atoms with Crippen LogP contribution in [0.5, 0.6) is 0 Å². The highest BCUT2D eigenvalue weighted by Crippen LogP contribution is 2.31. The Hall–Kier alpha value is -3.77. The average molecular weight is 393 g/mol. The van der Waals surface area contributed by atoms with Gasteiger partial charge in [0.15, 0.2) is 5.65 Å². The normalized spacial score (nSPS) is 13.4. The molecule has 6 heteroatoms. The smallest absolute Gasteiger partial charge is 0.179 e. The van der Waals surface area contributed by atoms with Gasteiger partial charge in [-0.2, -0.15) is 10.2 Å². The van der Waals surface area contributed by atoms with Crippen molar-refractivity contribution in [2.45, 2.75) is 19.9 Å². The van der Waals surface area contributed by atoms with E-state index in [2.05, 4.69) is 52.3 Å². The van der Waals surface area contributed by atoms with Gasteiger partial charge >= 0.3 is 0 Å². The van der Waals surface area contributed by atoms with E-state index >= 15 is 0 Å². The first-order valence-corrected chi connectivity index (χ1v) is 9.94. The fraction of sp³-hybridized carbons (Fsp3) is 0.125. The number of fused-ring (bicyclic) bond motifs is 1. The second-order valence-corrected chi connectivity index (χ2v) is 7.33. The van der Waals surface area contributed by atoms with Gasteiger partial charge in [-0.05, 0) is 19.1 Å². The molecule has 0 radical (unpaired) electrons. The molecular weight excluding hydrogens is 372 g/mol. The van der Waals surface area contributed by atoms with Crippen LogP contribution < -0.4 is 5.73 Å². The van der Waals surface area contributed by atoms with E-state index < -0.39 is 0 Å². The molecule has 4 aromatic rings. The first kappa shape index (κ1) is 18.3. The predicted octanol–water partition coefficient (Wildman–Crippen LogP) is 3.67. The molecule has 0 fully saturated rings. The Morgan fingerprint density at radius 1 is 0.767 bits per heavy atom. The van der Waals surface area contributed by atoms with E-state index in [-0.39, 0.29) is 0 Å². The zero-order chi connectivity index (χ0) is 20.5. The number of nitrogens with zero attached hydrogens (tertiary/aromatic N) is 5. The summed E-state index contributed by atoms with van der Waals surface area (Å²) in [6.07, 6.45) is 0.716. The molecule has 146 valence electrons. The van der Waals surface area contributed by atoms with E-state index in [0.717, 1.165) is 51.7 Å². The Morgan fingerprint density at radius 3 is 2.20 bits per heavy atom. The number of pyridine rings is 1. The third-order valence-corrected chi connectivity index (χ3v) is 5.15. The lowest BCUT2D eigenvalue weighted by atomic mass is 10.0. The number of aromatic nitrogens is 3. The summed E-state index contributed by atoms with van der Waals surface area (Å²) in [5, 5.41) is 8.38. The maximum atomic E-state index is 4.95. The topological polar surface area (TPSA) is 91.0 Å². The summed E-state index contributed by atoms with van der Waals surface area (Å²) in [7, 11) is 0. The second kappa shape index (κ2) is 7.57. The molecule has 0 saturated carbocycles. The van der Waals surface area contributed by atoms with E-state index in [1.807, 2.05) is 37.3 Å².